The summed E-state index contributed by atoms with van der Waals surface area (Å²) in [6.45, 7) is 4.42. The quantitative estimate of drug-likeness (QED) is 0.414. The zero-order valence-electron chi connectivity index (χ0n) is 21.4. The highest BCUT2D eigenvalue weighted by atomic mass is 32.2. The molecule has 3 saturated heterocycles. The summed E-state index contributed by atoms with van der Waals surface area (Å²) in [5, 5.41) is 1.89. The van der Waals surface area contributed by atoms with E-state index in [1.807, 2.05) is 35.4 Å². The second kappa shape index (κ2) is 8.37. The number of hydrogen-bond donors (Lipinski definition) is 0. The van der Waals surface area contributed by atoms with Crippen molar-refractivity contribution in [2.24, 2.45) is 16.7 Å². The van der Waals surface area contributed by atoms with Gasteiger partial charge in [-0.15, -0.1) is 0 Å². The molecule has 2 aliphatic carbocycles. The molecule has 2 bridgehead atoms. The van der Waals surface area contributed by atoms with Crippen molar-refractivity contribution in [1.82, 2.24) is 9.37 Å². The molecule has 3 heterocycles. The molecule has 0 N–H and O–H groups in total. The number of benzene rings is 1. The van der Waals surface area contributed by atoms with Crippen LogP contribution >= 0.6 is 0 Å². The molecule has 0 radical (unpaired) electrons. The first-order valence-corrected chi connectivity index (χ1v) is 15.3. The maximum atomic E-state index is 14.3. The van der Waals surface area contributed by atoms with Gasteiger partial charge in [0.2, 0.25) is 10.0 Å². The maximum absolute atomic E-state index is 14.3. The highest BCUT2D eigenvalue weighted by molar-refractivity contribution is 7.90. The van der Waals surface area contributed by atoms with Crippen molar-refractivity contribution in [2.45, 2.75) is 102 Å². The molecule has 2 saturated carbocycles. The molecule has 1 spiro atoms. The van der Waals surface area contributed by atoms with Crippen molar-refractivity contribution in [3.63, 3.8) is 0 Å². The molecule has 6 rings (SSSR count). The van der Waals surface area contributed by atoms with E-state index in [4.69, 9.17) is 4.84 Å². The first-order chi connectivity index (χ1) is 17.2. The monoisotopic (exact) mass is 514 g/mol. The predicted octanol–water partition coefficient (Wildman–Crippen LogP) is 4.39. The first-order valence-electron chi connectivity index (χ1n) is 13.7. The van der Waals surface area contributed by atoms with Crippen LogP contribution in [0.25, 0.3) is 0 Å². The Hall–Kier alpha value is -1.77. The number of aldehydes is 1. The average molecular weight is 515 g/mol. The molecule has 7 nitrogen and oxygen atoms in total. The third-order valence-corrected chi connectivity index (χ3v) is 12.6. The summed E-state index contributed by atoms with van der Waals surface area (Å²) < 4.78 is 28.5. The summed E-state index contributed by atoms with van der Waals surface area (Å²) in [5.41, 5.74) is 0.292. The van der Waals surface area contributed by atoms with E-state index in [2.05, 4.69) is 13.8 Å². The third kappa shape index (κ3) is 3.33. The molecule has 5 aliphatic rings. The lowest BCUT2D eigenvalue weighted by atomic mass is 9.69. The van der Waals surface area contributed by atoms with E-state index in [-0.39, 0.29) is 40.2 Å². The Bertz CT molecular complexity index is 1150. The highest BCUT2D eigenvalue weighted by Gasteiger charge is 2.73. The van der Waals surface area contributed by atoms with Crippen LogP contribution in [0.2, 0.25) is 0 Å². The van der Waals surface area contributed by atoms with Crippen molar-refractivity contribution < 1.29 is 22.8 Å². The number of unbranched alkanes of at least 4 members (excludes halogenated alkanes) is 1. The summed E-state index contributed by atoms with van der Waals surface area (Å²) in [6.07, 6.45) is 8.52. The topological polar surface area (TPSA) is 84.0 Å². The molecular formula is C28H38N2O5S. The van der Waals surface area contributed by atoms with Gasteiger partial charge in [-0.2, -0.15) is 5.06 Å². The van der Waals surface area contributed by atoms with E-state index in [0.29, 0.717) is 18.8 Å². The molecule has 1 aromatic carbocycles. The molecule has 5 fully saturated rings. The SMILES string of the molecule is CC1(C)[C@@H]2CC[C@]13CS(=O)(=O)N(C(=O)[C@@H]1CCC[C@@]4(CCCC=O)C[C@H](c5ccccc5)ON14)[C@@H]3C2. The van der Waals surface area contributed by atoms with Crippen LogP contribution in [0.1, 0.15) is 89.7 Å². The van der Waals surface area contributed by atoms with Crippen LogP contribution in [0.5, 0.6) is 0 Å². The molecule has 0 aromatic heterocycles. The molecule has 8 heteroatoms. The van der Waals surface area contributed by atoms with Crippen LogP contribution in [-0.4, -0.2) is 53.4 Å². The van der Waals surface area contributed by atoms with Crippen LogP contribution < -0.4 is 0 Å². The van der Waals surface area contributed by atoms with Crippen LogP contribution in [-0.2, 0) is 24.4 Å². The summed E-state index contributed by atoms with van der Waals surface area (Å²) in [6, 6.07) is 9.20. The summed E-state index contributed by atoms with van der Waals surface area (Å²) in [4.78, 5) is 31.9. The van der Waals surface area contributed by atoms with Crippen LogP contribution in [0.3, 0.4) is 0 Å². The zero-order chi connectivity index (χ0) is 25.3. The van der Waals surface area contributed by atoms with E-state index >= 15 is 0 Å². The molecule has 196 valence electrons. The fourth-order valence-electron chi connectivity index (χ4n) is 8.73. The molecule has 1 amide bonds. The van der Waals surface area contributed by atoms with E-state index in [1.54, 1.807) is 0 Å². The van der Waals surface area contributed by atoms with E-state index in [9.17, 15) is 18.0 Å². The Morgan fingerprint density at radius 2 is 1.94 bits per heavy atom. The van der Waals surface area contributed by atoms with Crippen LogP contribution in [0, 0.1) is 16.7 Å². The van der Waals surface area contributed by atoms with Gasteiger partial charge in [-0.25, -0.2) is 12.7 Å². The minimum atomic E-state index is -3.69. The van der Waals surface area contributed by atoms with Crippen molar-refractivity contribution in [3.05, 3.63) is 35.9 Å². The van der Waals surface area contributed by atoms with Crippen molar-refractivity contribution >= 4 is 22.2 Å². The lowest BCUT2D eigenvalue weighted by Crippen LogP contribution is -2.59. The van der Waals surface area contributed by atoms with Crippen LogP contribution in [0.4, 0.5) is 0 Å². The Balaban J connectivity index is 1.33. The smallest absolute Gasteiger partial charge is 0.256 e. The number of nitrogens with zero attached hydrogens (tertiary/aromatic N) is 2. The van der Waals surface area contributed by atoms with Gasteiger partial charge in [0.05, 0.1) is 17.3 Å². The van der Waals surface area contributed by atoms with E-state index < -0.39 is 16.1 Å². The Kier molecular flexibility index (Phi) is 5.71. The van der Waals surface area contributed by atoms with Gasteiger partial charge in [-0.3, -0.25) is 9.63 Å². The summed E-state index contributed by atoms with van der Waals surface area (Å²) in [5.74, 6) is 0.255. The average Bonchev–Trinajstić information content (AvgIpc) is 3.49. The minimum absolute atomic E-state index is 0.0759. The summed E-state index contributed by atoms with van der Waals surface area (Å²) in [7, 11) is -3.69. The number of rotatable bonds is 6. The van der Waals surface area contributed by atoms with Gasteiger partial charge in [-0.05, 0) is 68.3 Å². The molecule has 1 aromatic rings. The number of hydroxylamine groups is 2. The fraction of sp³-hybridized carbons (Fsp3) is 0.714. The number of fused-ring (bicyclic) bond motifs is 2. The number of carbonyl (C=O) groups excluding carboxylic acids is 2. The van der Waals surface area contributed by atoms with Gasteiger partial charge in [0, 0.05) is 18.3 Å². The number of sulfonamides is 1. The number of hydrogen-bond acceptors (Lipinski definition) is 6. The number of amides is 1. The first kappa shape index (κ1) is 24.6. The number of piperidine rings is 1. The molecule has 6 atom stereocenters. The standard InChI is InChI=1S/C28H38N2O5S/c1-26(2)21-12-15-28(26)19-36(33,34)29(24(28)17-21)25(32)22-11-8-14-27(13-6-7-16-31)18-23(35-30(22)27)20-9-4-3-5-10-20/h3-5,9-10,16,21-24H,6-8,11-15,17-19H2,1-2H3/t21-,22+,23-,24-,27+,28-/m1/s1. The van der Waals surface area contributed by atoms with Crippen LogP contribution in [0.15, 0.2) is 30.3 Å². The largest absolute Gasteiger partial charge is 0.303 e. The van der Waals surface area contributed by atoms with Gasteiger partial charge in [0.25, 0.3) is 5.91 Å². The van der Waals surface area contributed by atoms with Gasteiger partial charge in [0.15, 0.2) is 0 Å². The second-order valence-electron chi connectivity index (χ2n) is 12.5. The normalized spacial score (nSPS) is 40.2. The second-order valence-corrected chi connectivity index (χ2v) is 14.3. The molecule has 0 unspecified atom stereocenters. The Morgan fingerprint density at radius 3 is 2.67 bits per heavy atom. The Labute approximate surface area is 214 Å². The summed E-state index contributed by atoms with van der Waals surface area (Å²) >= 11 is 0. The highest BCUT2D eigenvalue weighted by Crippen LogP contribution is 2.70. The van der Waals surface area contributed by atoms with E-state index in [0.717, 1.165) is 63.2 Å². The maximum Gasteiger partial charge on any atom is 0.256 e. The number of carbonyl (C=O) groups is 2. The van der Waals surface area contributed by atoms with Gasteiger partial charge in [0.1, 0.15) is 18.4 Å². The lowest BCUT2D eigenvalue weighted by molar-refractivity contribution is -0.231. The predicted molar refractivity (Wildman–Crippen MR) is 135 cm³/mol. The zero-order valence-corrected chi connectivity index (χ0v) is 22.2. The minimum Gasteiger partial charge on any atom is -0.303 e. The molecular weight excluding hydrogens is 476 g/mol. The fourth-order valence-corrected chi connectivity index (χ4v) is 11.3. The van der Waals surface area contributed by atoms with E-state index in [1.165, 1.54) is 4.31 Å². The lowest BCUT2D eigenvalue weighted by Gasteiger charge is -2.46. The molecule has 3 aliphatic heterocycles. The van der Waals surface area contributed by atoms with Crippen molar-refractivity contribution in [2.75, 3.05) is 5.75 Å². The molecule has 36 heavy (non-hydrogen) atoms. The Morgan fingerprint density at radius 1 is 1.17 bits per heavy atom. The van der Waals surface area contributed by atoms with Gasteiger partial charge >= 0.3 is 0 Å². The van der Waals surface area contributed by atoms with Crippen molar-refractivity contribution in [3.8, 4) is 0 Å². The van der Waals surface area contributed by atoms with Gasteiger partial charge in [-0.1, -0.05) is 44.2 Å². The third-order valence-electron chi connectivity index (χ3n) is 10.7. The van der Waals surface area contributed by atoms with Gasteiger partial charge < -0.3 is 4.79 Å². The van der Waals surface area contributed by atoms with Crippen molar-refractivity contribution in [1.29, 1.82) is 0 Å².